The molecule has 0 bridgehead atoms. The molecule has 1 rings (SSSR count). The molecule has 1 nitrogen and oxygen atoms in total. The Kier molecular flexibility index (Phi) is 6.25. The van der Waals surface area contributed by atoms with Gasteiger partial charge < -0.3 is 5.32 Å². The molecule has 3 heteroatoms. The molecule has 1 N–H and O–H groups in total. The molecule has 0 radical (unpaired) electrons. The lowest BCUT2D eigenvalue weighted by Crippen LogP contribution is -2.24. The summed E-state index contributed by atoms with van der Waals surface area (Å²) in [5.41, 5.74) is 2.43. The zero-order valence-electron chi connectivity index (χ0n) is 10.2. The summed E-state index contributed by atoms with van der Waals surface area (Å²) >= 11 is 8.02. The number of benzene rings is 1. The molecule has 0 spiro atoms. The first kappa shape index (κ1) is 13.9. The minimum absolute atomic E-state index is 0.410. The average Bonchev–Trinajstić information content (AvgIpc) is 2.28. The van der Waals surface area contributed by atoms with Gasteiger partial charge in [-0.05, 0) is 43.3 Å². The molecule has 1 atom stereocenters. The van der Waals surface area contributed by atoms with E-state index in [9.17, 15) is 0 Å². The van der Waals surface area contributed by atoms with E-state index in [1.54, 1.807) is 0 Å². The lowest BCUT2D eigenvalue weighted by Gasteiger charge is -2.18. The minimum atomic E-state index is 0.410. The van der Waals surface area contributed by atoms with Crippen molar-refractivity contribution in [2.75, 3.05) is 18.6 Å². The third-order valence-electron chi connectivity index (χ3n) is 2.57. The van der Waals surface area contributed by atoms with Crippen LogP contribution in [0.15, 0.2) is 18.2 Å². The molecule has 0 fully saturated rings. The Bertz CT molecular complexity index is 328. The number of halogens is 1. The zero-order chi connectivity index (χ0) is 12.0. The third kappa shape index (κ3) is 4.00. The van der Waals surface area contributed by atoms with Crippen LogP contribution < -0.4 is 5.32 Å². The second-order valence-corrected chi connectivity index (χ2v) is 5.29. The maximum atomic E-state index is 6.16. The van der Waals surface area contributed by atoms with E-state index < -0.39 is 0 Å². The summed E-state index contributed by atoms with van der Waals surface area (Å²) in [6, 6.07) is 6.76. The highest BCUT2D eigenvalue weighted by atomic mass is 35.5. The Labute approximate surface area is 108 Å². The van der Waals surface area contributed by atoms with Gasteiger partial charge in [-0.25, -0.2) is 0 Å². The fourth-order valence-electron chi connectivity index (χ4n) is 1.58. The summed E-state index contributed by atoms with van der Waals surface area (Å²) < 4.78 is 0. The molecule has 0 saturated carbocycles. The molecule has 1 unspecified atom stereocenters. The molecule has 0 aliphatic carbocycles. The summed E-state index contributed by atoms with van der Waals surface area (Å²) in [6.07, 6.45) is 3.29. The lowest BCUT2D eigenvalue weighted by atomic mass is 10.1. The molecule has 0 aliphatic rings. The van der Waals surface area contributed by atoms with Crippen LogP contribution in [0.2, 0.25) is 5.02 Å². The lowest BCUT2D eigenvalue weighted by molar-refractivity contribution is 0.577. The van der Waals surface area contributed by atoms with Crippen molar-refractivity contribution in [3.8, 4) is 0 Å². The van der Waals surface area contributed by atoms with Crippen LogP contribution in [0.5, 0.6) is 0 Å². The van der Waals surface area contributed by atoms with Crippen molar-refractivity contribution < 1.29 is 0 Å². The van der Waals surface area contributed by atoms with Crippen LogP contribution in [0.25, 0.3) is 0 Å². The molecule has 0 amide bonds. The highest BCUT2D eigenvalue weighted by Crippen LogP contribution is 2.23. The van der Waals surface area contributed by atoms with Crippen molar-refractivity contribution >= 4 is 23.4 Å². The van der Waals surface area contributed by atoms with Gasteiger partial charge in [0.25, 0.3) is 0 Å². The van der Waals surface area contributed by atoms with Crippen LogP contribution in [0.4, 0.5) is 0 Å². The van der Waals surface area contributed by atoms with E-state index in [0.29, 0.717) is 6.04 Å². The largest absolute Gasteiger partial charge is 0.309 e. The van der Waals surface area contributed by atoms with E-state index >= 15 is 0 Å². The molecule has 1 aromatic carbocycles. The third-order valence-corrected chi connectivity index (χ3v) is 3.65. The highest BCUT2D eigenvalue weighted by Gasteiger charge is 2.10. The Morgan fingerprint density at radius 2 is 2.19 bits per heavy atom. The van der Waals surface area contributed by atoms with Gasteiger partial charge in [-0.15, -0.1) is 0 Å². The van der Waals surface area contributed by atoms with Crippen molar-refractivity contribution in [3.05, 3.63) is 34.3 Å². The number of hydrogen-bond acceptors (Lipinski definition) is 2. The van der Waals surface area contributed by atoms with E-state index in [1.165, 1.54) is 5.56 Å². The summed E-state index contributed by atoms with van der Waals surface area (Å²) in [5.74, 6) is 1.08. The highest BCUT2D eigenvalue weighted by molar-refractivity contribution is 7.98. The van der Waals surface area contributed by atoms with E-state index in [-0.39, 0.29) is 0 Å². The maximum absolute atomic E-state index is 6.16. The fraction of sp³-hybridized carbons (Fsp3) is 0.538. The van der Waals surface area contributed by atoms with Crippen LogP contribution in [0.3, 0.4) is 0 Å². The molecule has 0 saturated heterocycles. The molecular weight excluding hydrogens is 238 g/mol. The summed E-state index contributed by atoms with van der Waals surface area (Å²) in [7, 11) is 0. The fourth-order valence-corrected chi connectivity index (χ4v) is 2.42. The van der Waals surface area contributed by atoms with Gasteiger partial charge in [-0.2, -0.15) is 11.8 Å². The molecule has 0 aromatic heterocycles. The minimum Gasteiger partial charge on any atom is -0.309 e. The number of hydrogen-bond donors (Lipinski definition) is 1. The van der Waals surface area contributed by atoms with Crippen LogP contribution in [-0.2, 0) is 0 Å². The Morgan fingerprint density at radius 1 is 1.44 bits per heavy atom. The normalized spacial score (nSPS) is 12.8. The van der Waals surface area contributed by atoms with Gasteiger partial charge in [0, 0.05) is 16.8 Å². The molecule has 0 heterocycles. The van der Waals surface area contributed by atoms with E-state index in [1.807, 2.05) is 18.7 Å². The van der Waals surface area contributed by atoms with E-state index in [2.05, 4.69) is 36.7 Å². The second-order valence-electron chi connectivity index (χ2n) is 3.97. The smallest absolute Gasteiger partial charge is 0.0438 e. The van der Waals surface area contributed by atoms with Gasteiger partial charge in [-0.1, -0.05) is 30.7 Å². The van der Waals surface area contributed by atoms with Gasteiger partial charge >= 0.3 is 0 Å². The first-order chi connectivity index (χ1) is 7.69. The van der Waals surface area contributed by atoms with Crippen LogP contribution in [0, 0.1) is 6.92 Å². The van der Waals surface area contributed by atoms with Crippen molar-refractivity contribution in [3.63, 3.8) is 0 Å². The predicted octanol–water partition coefficient (Wildman–Crippen LogP) is 4.05. The first-order valence-corrected chi connectivity index (χ1v) is 7.44. The Balaban J connectivity index is 2.78. The van der Waals surface area contributed by atoms with E-state index in [0.717, 1.165) is 29.3 Å². The molecule has 0 aliphatic heterocycles. The van der Waals surface area contributed by atoms with Crippen LogP contribution in [0.1, 0.15) is 30.5 Å². The number of aryl methyl sites for hydroxylation is 1. The van der Waals surface area contributed by atoms with Gasteiger partial charge in [0.15, 0.2) is 0 Å². The topological polar surface area (TPSA) is 12.0 Å². The summed E-state index contributed by atoms with van der Waals surface area (Å²) in [4.78, 5) is 0. The predicted molar refractivity (Wildman–Crippen MR) is 75.6 cm³/mol. The quantitative estimate of drug-likeness (QED) is 0.825. The molecule has 1 aromatic rings. The Morgan fingerprint density at radius 3 is 2.75 bits per heavy atom. The summed E-state index contributed by atoms with van der Waals surface area (Å²) in [6.45, 7) is 5.27. The average molecular weight is 258 g/mol. The zero-order valence-corrected chi connectivity index (χ0v) is 11.8. The molecule has 90 valence electrons. The Hall–Kier alpha value is -0.180. The van der Waals surface area contributed by atoms with Crippen molar-refractivity contribution in [2.45, 2.75) is 26.3 Å². The van der Waals surface area contributed by atoms with Crippen molar-refractivity contribution in [1.82, 2.24) is 5.32 Å². The van der Waals surface area contributed by atoms with Gasteiger partial charge in [0.1, 0.15) is 0 Å². The van der Waals surface area contributed by atoms with Crippen LogP contribution in [-0.4, -0.2) is 18.6 Å². The monoisotopic (exact) mass is 257 g/mol. The van der Waals surface area contributed by atoms with Crippen molar-refractivity contribution in [2.24, 2.45) is 0 Å². The number of thioether (sulfide) groups is 1. The van der Waals surface area contributed by atoms with Crippen LogP contribution >= 0.6 is 23.4 Å². The van der Waals surface area contributed by atoms with E-state index in [4.69, 9.17) is 11.6 Å². The maximum Gasteiger partial charge on any atom is 0.0438 e. The SMILES string of the molecule is CCCNC(CSC)c1ccc(C)c(Cl)c1. The first-order valence-electron chi connectivity index (χ1n) is 5.67. The standard InChI is InChI=1S/C13H20ClNS/c1-4-7-15-13(9-16-3)11-6-5-10(2)12(14)8-11/h5-6,8,13,15H,4,7,9H2,1-3H3. The number of rotatable bonds is 6. The summed E-state index contributed by atoms with van der Waals surface area (Å²) in [5, 5.41) is 4.42. The van der Waals surface area contributed by atoms with Gasteiger partial charge in [-0.3, -0.25) is 0 Å². The van der Waals surface area contributed by atoms with Gasteiger partial charge in [0.05, 0.1) is 0 Å². The molecule has 16 heavy (non-hydrogen) atoms. The van der Waals surface area contributed by atoms with Gasteiger partial charge in [0.2, 0.25) is 0 Å². The number of nitrogens with one attached hydrogen (secondary N) is 1. The molecular formula is C13H20ClNS. The second kappa shape index (κ2) is 7.21. The van der Waals surface area contributed by atoms with Crippen molar-refractivity contribution in [1.29, 1.82) is 0 Å².